The maximum absolute atomic E-state index is 12.3. The number of benzene rings is 2. The van der Waals surface area contributed by atoms with E-state index < -0.39 is 0 Å². The summed E-state index contributed by atoms with van der Waals surface area (Å²) < 4.78 is 0. The molecule has 1 heterocycles. The second kappa shape index (κ2) is 6.64. The van der Waals surface area contributed by atoms with Gasteiger partial charge in [0.25, 0.3) is 0 Å². The van der Waals surface area contributed by atoms with Gasteiger partial charge in [0, 0.05) is 23.5 Å². The van der Waals surface area contributed by atoms with Gasteiger partial charge in [-0.05, 0) is 23.3 Å². The van der Waals surface area contributed by atoms with Gasteiger partial charge in [0.1, 0.15) is 0 Å². The van der Waals surface area contributed by atoms with Gasteiger partial charge in [-0.25, -0.2) is 0 Å². The highest BCUT2D eigenvalue weighted by Gasteiger charge is 2.07. The molecular weight excluding hydrogens is 270 g/mol. The molecule has 0 amide bonds. The molecule has 22 heavy (non-hydrogen) atoms. The third-order valence-corrected chi connectivity index (χ3v) is 3.38. The Hall–Kier alpha value is -3.00. The van der Waals surface area contributed by atoms with Crippen LogP contribution >= 0.6 is 0 Å². The lowest BCUT2D eigenvalue weighted by molar-refractivity contribution is 0.103. The number of nitrogens with zero attached hydrogens (tertiary/aromatic N) is 1. The van der Waals surface area contributed by atoms with Gasteiger partial charge in [-0.2, -0.15) is 0 Å². The van der Waals surface area contributed by atoms with Crippen LogP contribution in [0.2, 0.25) is 0 Å². The maximum atomic E-state index is 12.3. The van der Waals surface area contributed by atoms with Crippen molar-refractivity contribution in [1.29, 1.82) is 0 Å². The molecule has 0 aliphatic carbocycles. The van der Waals surface area contributed by atoms with E-state index in [0.29, 0.717) is 11.1 Å². The highest BCUT2D eigenvalue weighted by atomic mass is 16.1. The van der Waals surface area contributed by atoms with E-state index in [1.54, 1.807) is 12.4 Å². The quantitative estimate of drug-likeness (QED) is 0.661. The topological polar surface area (TPSA) is 30.0 Å². The van der Waals surface area contributed by atoms with Crippen molar-refractivity contribution in [3.05, 3.63) is 101 Å². The summed E-state index contributed by atoms with van der Waals surface area (Å²) in [5.74, 6) is 0.0465. The summed E-state index contributed by atoms with van der Waals surface area (Å²) in [4.78, 5) is 16.3. The molecule has 0 aliphatic rings. The predicted octanol–water partition coefficient (Wildman–Crippen LogP) is 4.48. The Labute approximate surface area is 129 Å². The molecule has 0 unspecified atom stereocenters. The Morgan fingerprint density at radius 2 is 1.23 bits per heavy atom. The summed E-state index contributed by atoms with van der Waals surface area (Å²) in [5, 5.41) is 0. The van der Waals surface area contributed by atoms with Gasteiger partial charge < -0.3 is 0 Å². The van der Waals surface area contributed by atoms with Gasteiger partial charge >= 0.3 is 0 Å². The summed E-state index contributed by atoms with van der Waals surface area (Å²) in [6.45, 7) is 0. The number of ketones is 1. The van der Waals surface area contributed by atoms with E-state index in [1.165, 1.54) is 0 Å². The molecule has 0 radical (unpaired) electrons. The van der Waals surface area contributed by atoms with Gasteiger partial charge in [-0.15, -0.1) is 0 Å². The van der Waals surface area contributed by atoms with Crippen LogP contribution < -0.4 is 0 Å². The molecule has 0 N–H and O–H groups in total. The first-order chi connectivity index (χ1) is 10.8. The fourth-order valence-electron chi connectivity index (χ4n) is 2.17. The van der Waals surface area contributed by atoms with Crippen LogP contribution in [0.1, 0.15) is 27.0 Å². The van der Waals surface area contributed by atoms with E-state index >= 15 is 0 Å². The summed E-state index contributed by atoms with van der Waals surface area (Å²) >= 11 is 0. The number of carbonyl (C=O) groups excluding carboxylic acids is 1. The Bertz CT molecular complexity index is 775. The van der Waals surface area contributed by atoms with Crippen LogP contribution in [-0.2, 0) is 0 Å². The number of hydrogen-bond donors (Lipinski definition) is 0. The van der Waals surface area contributed by atoms with Crippen LogP contribution in [0.3, 0.4) is 0 Å². The minimum atomic E-state index is 0.0465. The molecule has 0 bridgehead atoms. The Balaban J connectivity index is 1.76. The monoisotopic (exact) mass is 285 g/mol. The van der Waals surface area contributed by atoms with Crippen LogP contribution in [0, 0.1) is 0 Å². The van der Waals surface area contributed by atoms with E-state index in [2.05, 4.69) is 4.98 Å². The van der Waals surface area contributed by atoms with Crippen molar-refractivity contribution in [2.75, 3.05) is 0 Å². The average molecular weight is 285 g/mol. The summed E-state index contributed by atoms with van der Waals surface area (Å²) in [5.41, 5.74) is 3.57. The highest BCUT2D eigenvalue weighted by Crippen LogP contribution is 2.13. The Kier molecular flexibility index (Phi) is 4.21. The molecule has 0 spiro atoms. The zero-order valence-corrected chi connectivity index (χ0v) is 12.0. The molecule has 3 rings (SSSR count). The Morgan fingerprint density at radius 1 is 0.682 bits per heavy atom. The van der Waals surface area contributed by atoms with Gasteiger partial charge in [-0.1, -0.05) is 66.7 Å². The fourth-order valence-corrected chi connectivity index (χ4v) is 2.17. The molecule has 1 aromatic heterocycles. The van der Waals surface area contributed by atoms with Crippen molar-refractivity contribution in [3.63, 3.8) is 0 Å². The predicted molar refractivity (Wildman–Crippen MR) is 89.5 cm³/mol. The molecule has 2 aromatic carbocycles. The van der Waals surface area contributed by atoms with Gasteiger partial charge in [0.05, 0.1) is 0 Å². The lowest BCUT2D eigenvalue weighted by Gasteiger charge is -2.01. The maximum Gasteiger partial charge on any atom is 0.193 e. The SMILES string of the molecule is O=C(c1ccccc1)c1ccc(C=Cc2ccncc2)cc1. The third kappa shape index (κ3) is 3.36. The van der Waals surface area contributed by atoms with E-state index in [-0.39, 0.29) is 5.78 Å². The summed E-state index contributed by atoms with van der Waals surface area (Å²) in [7, 11) is 0. The molecule has 3 aromatic rings. The molecule has 0 fully saturated rings. The number of pyridine rings is 1. The highest BCUT2D eigenvalue weighted by molar-refractivity contribution is 6.09. The van der Waals surface area contributed by atoms with E-state index in [4.69, 9.17) is 0 Å². The average Bonchev–Trinajstić information content (AvgIpc) is 2.61. The minimum Gasteiger partial charge on any atom is -0.289 e. The molecular formula is C20H15NO. The lowest BCUT2D eigenvalue weighted by Crippen LogP contribution is -2.00. The van der Waals surface area contributed by atoms with Crippen molar-refractivity contribution in [1.82, 2.24) is 4.98 Å². The first kappa shape index (κ1) is 14.0. The van der Waals surface area contributed by atoms with E-state index in [0.717, 1.165) is 11.1 Å². The number of aromatic nitrogens is 1. The molecule has 0 atom stereocenters. The van der Waals surface area contributed by atoms with Crippen molar-refractivity contribution in [3.8, 4) is 0 Å². The fraction of sp³-hybridized carbons (Fsp3) is 0. The smallest absolute Gasteiger partial charge is 0.193 e. The van der Waals surface area contributed by atoms with Crippen LogP contribution in [0.25, 0.3) is 12.2 Å². The number of rotatable bonds is 4. The van der Waals surface area contributed by atoms with Gasteiger partial charge in [0.2, 0.25) is 0 Å². The minimum absolute atomic E-state index is 0.0465. The zero-order valence-electron chi connectivity index (χ0n) is 12.0. The van der Waals surface area contributed by atoms with E-state index in [1.807, 2.05) is 78.9 Å². The molecule has 2 heteroatoms. The summed E-state index contributed by atoms with van der Waals surface area (Å²) in [6, 6.07) is 20.8. The normalized spacial score (nSPS) is 10.7. The second-order valence-corrected chi connectivity index (χ2v) is 4.93. The van der Waals surface area contributed by atoms with Crippen LogP contribution in [-0.4, -0.2) is 10.8 Å². The van der Waals surface area contributed by atoms with Crippen LogP contribution in [0.15, 0.2) is 79.1 Å². The standard InChI is InChI=1S/C20H15NO/c22-20(18-4-2-1-3-5-18)19-10-8-16(9-11-19)6-7-17-12-14-21-15-13-17/h1-15H. The Morgan fingerprint density at radius 3 is 1.86 bits per heavy atom. The van der Waals surface area contributed by atoms with Crippen LogP contribution in [0.5, 0.6) is 0 Å². The van der Waals surface area contributed by atoms with Crippen molar-refractivity contribution in [2.24, 2.45) is 0 Å². The van der Waals surface area contributed by atoms with Crippen LogP contribution in [0.4, 0.5) is 0 Å². The lowest BCUT2D eigenvalue weighted by atomic mass is 10.0. The van der Waals surface area contributed by atoms with Gasteiger partial charge in [0.15, 0.2) is 5.78 Å². The molecule has 0 saturated heterocycles. The second-order valence-electron chi connectivity index (χ2n) is 4.93. The van der Waals surface area contributed by atoms with Crippen molar-refractivity contribution in [2.45, 2.75) is 0 Å². The molecule has 2 nitrogen and oxygen atoms in total. The number of hydrogen-bond acceptors (Lipinski definition) is 2. The molecule has 0 aliphatic heterocycles. The largest absolute Gasteiger partial charge is 0.289 e. The molecule has 0 saturated carbocycles. The zero-order chi connectivity index (χ0) is 15.2. The van der Waals surface area contributed by atoms with E-state index in [9.17, 15) is 4.79 Å². The summed E-state index contributed by atoms with van der Waals surface area (Å²) in [6.07, 6.45) is 7.57. The number of carbonyl (C=O) groups is 1. The third-order valence-electron chi connectivity index (χ3n) is 3.38. The van der Waals surface area contributed by atoms with Gasteiger partial charge in [-0.3, -0.25) is 9.78 Å². The first-order valence-corrected chi connectivity index (χ1v) is 7.11. The molecule has 106 valence electrons. The van der Waals surface area contributed by atoms with Crippen molar-refractivity contribution < 1.29 is 4.79 Å². The first-order valence-electron chi connectivity index (χ1n) is 7.11. The van der Waals surface area contributed by atoms with Crippen molar-refractivity contribution >= 4 is 17.9 Å².